The van der Waals surface area contributed by atoms with Crippen molar-refractivity contribution in [3.8, 4) is 5.75 Å². The molecule has 4 unspecified atom stereocenters. The summed E-state index contributed by atoms with van der Waals surface area (Å²) in [6, 6.07) is 10.4. The number of phenolic OH excluding ortho intramolecular Hbond substituents is 1. The van der Waals surface area contributed by atoms with Gasteiger partial charge < -0.3 is 43.4 Å². The zero-order valence-corrected chi connectivity index (χ0v) is 23.3. The van der Waals surface area contributed by atoms with Crippen LogP contribution >= 0.6 is 12.6 Å². The molecule has 0 aliphatic heterocycles. The summed E-state index contributed by atoms with van der Waals surface area (Å²) in [7, 11) is 0. The number of aliphatic carboxylic acids is 1. The van der Waals surface area contributed by atoms with Crippen LogP contribution in [0.15, 0.2) is 59.6 Å². The van der Waals surface area contributed by atoms with Gasteiger partial charge in [0.1, 0.15) is 23.9 Å². The number of aliphatic imine (C=N–C) groups is 1. The zero-order valence-electron chi connectivity index (χ0n) is 22.4. The number of carbonyl (C=O) groups is 4. The van der Waals surface area contributed by atoms with Gasteiger partial charge in [0.05, 0.1) is 6.04 Å². The molecule has 4 atom stereocenters. The number of benzene rings is 2. The third-order valence-electron chi connectivity index (χ3n) is 6.03. The fourth-order valence-corrected chi connectivity index (χ4v) is 4.04. The molecule has 0 aromatic heterocycles. The molecule has 2 rings (SSSR count). The number of carbonyl (C=O) groups excluding carboxylic acids is 3. The maximum atomic E-state index is 13.5. The van der Waals surface area contributed by atoms with Crippen LogP contribution in [0.1, 0.15) is 24.0 Å². The molecule has 11 N–H and O–H groups in total. The highest BCUT2D eigenvalue weighted by Gasteiger charge is 2.30. The summed E-state index contributed by atoms with van der Waals surface area (Å²) in [5.41, 5.74) is 18.0. The van der Waals surface area contributed by atoms with Crippen LogP contribution in [0, 0.1) is 0 Å². The minimum Gasteiger partial charge on any atom is -0.508 e. The molecule has 0 saturated heterocycles. The third-order valence-corrected chi connectivity index (χ3v) is 6.39. The predicted molar refractivity (Wildman–Crippen MR) is 157 cm³/mol. The average Bonchev–Trinajstić information content (AvgIpc) is 2.94. The van der Waals surface area contributed by atoms with Crippen molar-refractivity contribution in [3.05, 3.63) is 65.7 Å². The largest absolute Gasteiger partial charge is 0.508 e. The first kappa shape index (κ1) is 32.9. The Morgan fingerprint density at radius 3 is 1.83 bits per heavy atom. The molecule has 0 aliphatic carbocycles. The van der Waals surface area contributed by atoms with E-state index < -0.39 is 47.9 Å². The van der Waals surface area contributed by atoms with Crippen molar-refractivity contribution >= 4 is 42.3 Å². The molecule has 0 saturated carbocycles. The zero-order chi connectivity index (χ0) is 30.4. The molecular weight excluding hydrogens is 550 g/mol. The van der Waals surface area contributed by atoms with E-state index in [9.17, 15) is 29.4 Å². The topological polar surface area (TPSA) is 235 Å². The first-order valence-electron chi connectivity index (χ1n) is 12.9. The van der Waals surface area contributed by atoms with Crippen molar-refractivity contribution in [2.45, 2.75) is 49.9 Å². The van der Waals surface area contributed by atoms with Crippen LogP contribution < -0.4 is 33.2 Å². The number of nitrogens with zero attached hydrogens (tertiary/aromatic N) is 1. The third kappa shape index (κ3) is 11.8. The van der Waals surface area contributed by atoms with E-state index in [4.69, 9.17) is 17.2 Å². The van der Waals surface area contributed by atoms with Gasteiger partial charge in [-0.15, -0.1) is 0 Å². The van der Waals surface area contributed by atoms with Crippen molar-refractivity contribution in [2.75, 3.05) is 12.3 Å². The van der Waals surface area contributed by atoms with E-state index in [1.807, 2.05) is 6.07 Å². The Bertz CT molecular complexity index is 1190. The van der Waals surface area contributed by atoms with Gasteiger partial charge in [0.15, 0.2) is 5.96 Å². The van der Waals surface area contributed by atoms with Gasteiger partial charge in [0.2, 0.25) is 17.7 Å². The molecule has 0 spiro atoms. The van der Waals surface area contributed by atoms with Crippen LogP contribution in [-0.2, 0) is 32.0 Å². The average molecular weight is 588 g/mol. The first-order chi connectivity index (χ1) is 19.5. The van der Waals surface area contributed by atoms with E-state index in [1.54, 1.807) is 36.4 Å². The molecule has 13 nitrogen and oxygen atoms in total. The molecule has 2 aromatic carbocycles. The minimum atomic E-state index is -1.29. The van der Waals surface area contributed by atoms with E-state index in [1.165, 1.54) is 12.1 Å². The summed E-state index contributed by atoms with van der Waals surface area (Å²) >= 11 is 3.97. The van der Waals surface area contributed by atoms with Crippen molar-refractivity contribution in [1.29, 1.82) is 0 Å². The van der Waals surface area contributed by atoms with E-state index in [0.717, 1.165) is 5.56 Å². The molecule has 0 radical (unpaired) electrons. The Morgan fingerprint density at radius 2 is 1.32 bits per heavy atom. The Labute approximate surface area is 243 Å². The van der Waals surface area contributed by atoms with Gasteiger partial charge in [0.25, 0.3) is 0 Å². The van der Waals surface area contributed by atoms with E-state index in [-0.39, 0.29) is 43.3 Å². The van der Waals surface area contributed by atoms with Crippen LogP contribution in [0.3, 0.4) is 0 Å². The van der Waals surface area contributed by atoms with Gasteiger partial charge in [-0.1, -0.05) is 42.5 Å². The van der Waals surface area contributed by atoms with Gasteiger partial charge >= 0.3 is 5.97 Å². The number of guanidine groups is 1. The first-order valence-corrected chi connectivity index (χ1v) is 13.5. The molecule has 0 bridgehead atoms. The molecule has 14 heteroatoms. The number of carboxylic acids is 1. The number of nitrogens with one attached hydrogen (secondary N) is 3. The number of rotatable bonds is 16. The molecule has 41 heavy (non-hydrogen) atoms. The number of hydrogen-bond acceptors (Lipinski definition) is 8. The molecule has 2 aromatic rings. The number of carboxylic acid groups (broad SMARTS) is 1. The van der Waals surface area contributed by atoms with Gasteiger partial charge in [0, 0.05) is 25.1 Å². The van der Waals surface area contributed by atoms with Crippen LogP contribution in [-0.4, -0.2) is 76.3 Å². The second-order valence-electron chi connectivity index (χ2n) is 9.32. The molecule has 3 amide bonds. The second kappa shape index (κ2) is 16.7. The number of thiol groups is 1. The summed E-state index contributed by atoms with van der Waals surface area (Å²) in [6.45, 7) is 0.287. The summed E-state index contributed by atoms with van der Waals surface area (Å²) < 4.78 is 0. The lowest BCUT2D eigenvalue weighted by molar-refractivity contribution is -0.141. The lowest BCUT2D eigenvalue weighted by atomic mass is 10.0. The highest BCUT2D eigenvalue weighted by atomic mass is 32.1. The van der Waals surface area contributed by atoms with Gasteiger partial charge in [-0.3, -0.25) is 19.4 Å². The SMILES string of the molecule is NC(N)=NCCCC(N)C(=O)NC(Cc1ccccc1)C(=O)NC(Cc1ccc(O)cc1)C(=O)NC(CS)C(=O)O. The standard InChI is InChI=1S/C27H37N7O6S/c28-19(7-4-12-31-27(29)30)23(36)32-20(13-16-5-2-1-3-6-16)24(37)33-21(14-17-8-10-18(35)11-9-17)25(38)34-22(15-41)26(39)40/h1-3,5-6,8-11,19-22,35,41H,4,7,12-15,28H2,(H,32,36)(H,33,37)(H,34,38)(H,39,40)(H4,29,30,31). The summed E-state index contributed by atoms with van der Waals surface area (Å²) in [5.74, 6) is -3.52. The normalized spacial score (nSPS) is 13.6. The number of aromatic hydroxyl groups is 1. The second-order valence-corrected chi connectivity index (χ2v) is 9.69. The maximum Gasteiger partial charge on any atom is 0.327 e. The van der Waals surface area contributed by atoms with Crippen molar-refractivity contribution in [1.82, 2.24) is 16.0 Å². The Balaban J connectivity index is 2.25. The fourth-order valence-electron chi connectivity index (χ4n) is 3.80. The molecule has 0 aliphatic rings. The van der Waals surface area contributed by atoms with Gasteiger partial charge in [-0.2, -0.15) is 12.6 Å². The molecule has 0 heterocycles. The van der Waals surface area contributed by atoms with Crippen molar-refractivity contribution in [2.24, 2.45) is 22.2 Å². The molecular formula is C27H37N7O6S. The lowest BCUT2D eigenvalue weighted by Gasteiger charge is -2.25. The van der Waals surface area contributed by atoms with E-state index in [0.29, 0.717) is 12.0 Å². The van der Waals surface area contributed by atoms with Crippen LogP contribution in [0.2, 0.25) is 0 Å². The Morgan fingerprint density at radius 1 is 0.805 bits per heavy atom. The highest BCUT2D eigenvalue weighted by molar-refractivity contribution is 7.80. The number of hydrogen-bond donors (Lipinski definition) is 9. The van der Waals surface area contributed by atoms with E-state index >= 15 is 0 Å². The van der Waals surface area contributed by atoms with Gasteiger partial charge in [-0.25, -0.2) is 4.79 Å². The Hall–Kier alpha value is -4.30. The lowest BCUT2D eigenvalue weighted by Crippen LogP contribution is -2.58. The van der Waals surface area contributed by atoms with Crippen LogP contribution in [0.5, 0.6) is 5.75 Å². The van der Waals surface area contributed by atoms with Gasteiger partial charge in [-0.05, 0) is 36.1 Å². The summed E-state index contributed by atoms with van der Waals surface area (Å²) in [6.07, 6.45) is 0.773. The minimum absolute atomic E-state index is 0.0140. The van der Waals surface area contributed by atoms with E-state index in [2.05, 4.69) is 33.6 Å². The van der Waals surface area contributed by atoms with Crippen LogP contribution in [0.25, 0.3) is 0 Å². The van der Waals surface area contributed by atoms with Crippen molar-refractivity contribution < 1.29 is 29.4 Å². The number of nitrogens with two attached hydrogens (primary N) is 3. The summed E-state index contributed by atoms with van der Waals surface area (Å²) in [4.78, 5) is 54.9. The summed E-state index contributed by atoms with van der Waals surface area (Å²) in [5, 5.41) is 26.6. The molecule has 222 valence electrons. The number of phenols is 1. The Kier molecular flexibility index (Phi) is 13.4. The highest BCUT2D eigenvalue weighted by Crippen LogP contribution is 2.12. The van der Waals surface area contributed by atoms with Crippen LogP contribution in [0.4, 0.5) is 0 Å². The predicted octanol–water partition coefficient (Wildman–Crippen LogP) is -0.973. The number of amides is 3. The quantitative estimate of drug-likeness (QED) is 0.0507. The van der Waals surface area contributed by atoms with Crippen molar-refractivity contribution in [3.63, 3.8) is 0 Å². The monoisotopic (exact) mass is 587 g/mol. The maximum absolute atomic E-state index is 13.5. The smallest absolute Gasteiger partial charge is 0.327 e. The fraction of sp³-hybridized carbons (Fsp3) is 0.370. The molecule has 0 fully saturated rings.